The number of aromatic hydroxyl groups is 1. The lowest BCUT2D eigenvalue weighted by molar-refractivity contribution is -0.184. The van der Waals surface area contributed by atoms with E-state index < -0.39 is 11.0 Å². The minimum atomic E-state index is -0.927. The number of phenolic OH excluding ortho intramolecular Hbond substituents is 1. The van der Waals surface area contributed by atoms with E-state index in [1.807, 2.05) is 31.3 Å². The molecule has 7 nitrogen and oxygen atoms in total. The molecule has 0 radical (unpaired) electrons. The van der Waals surface area contributed by atoms with E-state index in [1.54, 1.807) is 11.0 Å². The molecular weight excluding hydrogens is 418 g/mol. The predicted octanol–water partition coefficient (Wildman–Crippen LogP) is 2.03. The number of phenols is 1. The Hall–Kier alpha value is -2.77. The van der Waals surface area contributed by atoms with Gasteiger partial charge in [0, 0.05) is 18.7 Å². The van der Waals surface area contributed by atoms with Gasteiger partial charge in [0.1, 0.15) is 6.10 Å². The van der Waals surface area contributed by atoms with E-state index in [1.165, 1.54) is 5.56 Å². The molecule has 5 aliphatic rings. The molecule has 0 aromatic heterocycles. The van der Waals surface area contributed by atoms with E-state index >= 15 is 0 Å². The Morgan fingerprint density at radius 3 is 2.70 bits per heavy atom. The van der Waals surface area contributed by atoms with E-state index in [0.717, 1.165) is 42.7 Å². The van der Waals surface area contributed by atoms with Crippen molar-refractivity contribution in [3.05, 3.63) is 47.5 Å². The normalized spacial score (nSPS) is 36.3. The van der Waals surface area contributed by atoms with Crippen LogP contribution in [0.5, 0.6) is 11.5 Å². The van der Waals surface area contributed by atoms with Crippen LogP contribution in [0.1, 0.15) is 30.4 Å². The number of rotatable bonds is 1. The third-order valence-electron chi connectivity index (χ3n) is 9.33. The van der Waals surface area contributed by atoms with E-state index in [0.29, 0.717) is 12.2 Å². The van der Waals surface area contributed by atoms with Crippen molar-refractivity contribution < 1.29 is 19.7 Å². The number of likely N-dealkylation sites (N-methyl/N-ethyl adjacent to an activating group) is 2. The number of anilines is 2. The van der Waals surface area contributed by atoms with Crippen LogP contribution < -0.4 is 14.5 Å². The zero-order valence-corrected chi connectivity index (χ0v) is 19.0. The fourth-order valence-electron chi connectivity index (χ4n) is 7.80. The Bertz CT molecular complexity index is 1200. The molecular formula is C26H29N3O4. The van der Waals surface area contributed by atoms with E-state index in [-0.39, 0.29) is 36.4 Å². The van der Waals surface area contributed by atoms with Gasteiger partial charge >= 0.3 is 0 Å². The maximum Gasteiger partial charge on any atom is 0.246 e. The summed E-state index contributed by atoms with van der Waals surface area (Å²) in [5, 5.41) is 23.2. The Balaban J connectivity index is 1.42. The van der Waals surface area contributed by atoms with Crippen LogP contribution in [0.15, 0.2) is 36.4 Å². The van der Waals surface area contributed by atoms with Gasteiger partial charge in [-0.05, 0) is 63.0 Å². The van der Waals surface area contributed by atoms with Crippen molar-refractivity contribution in [1.29, 1.82) is 0 Å². The number of likely N-dealkylation sites (tertiary alicyclic amines) is 1. The minimum absolute atomic E-state index is 0.0164. The molecule has 7 rings (SSSR count). The lowest BCUT2D eigenvalue weighted by atomic mass is 9.48. The molecule has 5 atom stereocenters. The number of nitrogens with zero attached hydrogens (tertiary/aromatic N) is 3. The standard InChI is InChI=1S/C26H29N3O4/c1-27-12-11-25-22-15-7-8-19(30)23(22)33-24(25)18(9-10-26(25,32)20(27)13-15)29-14-21(31)28(2)16-5-3-4-6-17(16)29/h3-8,18,20,24,30,32H,9-14H2,1-2H3/t18?,20-,24?,25+,26-/m1/s1. The number of hydrogen-bond donors (Lipinski definition) is 2. The van der Waals surface area contributed by atoms with Crippen molar-refractivity contribution >= 4 is 17.3 Å². The Morgan fingerprint density at radius 2 is 1.88 bits per heavy atom. The first-order valence-electron chi connectivity index (χ1n) is 11.9. The number of carbonyl (C=O) groups is 1. The van der Waals surface area contributed by atoms with Crippen molar-refractivity contribution in [3.63, 3.8) is 0 Å². The predicted molar refractivity (Wildman–Crippen MR) is 124 cm³/mol. The maximum absolute atomic E-state index is 13.0. The van der Waals surface area contributed by atoms with Gasteiger partial charge in [-0.2, -0.15) is 0 Å². The first-order chi connectivity index (χ1) is 15.9. The fourth-order valence-corrected chi connectivity index (χ4v) is 7.80. The number of amides is 1. The fraction of sp³-hybridized carbons (Fsp3) is 0.500. The van der Waals surface area contributed by atoms with E-state index in [4.69, 9.17) is 4.74 Å². The van der Waals surface area contributed by atoms with Gasteiger partial charge in [-0.15, -0.1) is 0 Å². The highest BCUT2D eigenvalue weighted by Crippen LogP contribution is 2.66. The van der Waals surface area contributed by atoms with Crippen LogP contribution in [0.4, 0.5) is 11.4 Å². The van der Waals surface area contributed by atoms with Crippen molar-refractivity contribution in [2.24, 2.45) is 0 Å². The second kappa shape index (κ2) is 6.21. The minimum Gasteiger partial charge on any atom is -0.504 e. The molecule has 2 fully saturated rings. The lowest BCUT2D eigenvalue weighted by Crippen LogP contribution is -2.78. The molecule has 1 saturated heterocycles. The second-order valence-electron chi connectivity index (χ2n) is 10.5. The highest BCUT2D eigenvalue weighted by molar-refractivity contribution is 6.03. The van der Waals surface area contributed by atoms with Crippen LogP contribution >= 0.6 is 0 Å². The molecule has 172 valence electrons. The summed E-state index contributed by atoms with van der Waals surface area (Å²) in [4.78, 5) is 19.2. The quantitative estimate of drug-likeness (QED) is 0.697. The molecule has 2 bridgehead atoms. The molecule has 2 N–H and O–H groups in total. The van der Waals surface area contributed by atoms with Crippen molar-refractivity contribution in [3.8, 4) is 11.5 Å². The molecule has 3 heterocycles. The van der Waals surface area contributed by atoms with Gasteiger partial charge in [0.05, 0.1) is 35.0 Å². The number of carbonyl (C=O) groups excluding carboxylic acids is 1. The Morgan fingerprint density at radius 1 is 1.09 bits per heavy atom. The topological polar surface area (TPSA) is 76.5 Å². The summed E-state index contributed by atoms with van der Waals surface area (Å²) in [5.74, 6) is 0.737. The van der Waals surface area contributed by atoms with Gasteiger partial charge in [0.2, 0.25) is 5.91 Å². The van der Waals surface area contributed by atoms with Gasteiger partial charge in [-0.25, -0.2) is 0 Å². The monoisotopic (exact) mass is 447 g/mol. The summed E-state index contributed by atoms with van der Waals surface area (Å²) in [6.45, 7) is 1.15. The number of ether oxygens (including phenoxy) is 1. The van der Waals surface area contributed by atoms with Gasteiger partial charge in [0.15, 0.2) is 11.5 Å². The molecule has 2 aromatic rings. The largest absolute Gasteiger partial charge is 0.504 e. The number of aliphatic hydroxyl groups is 1. The summed E-state index contributed by atoms with van der Waals surface area (Å²) < 4.78 is 6.66. The summed E-state index contributed by atoms with van der Waals surface area (Å²) in [6, 6.07) is 11.7. The molecule has 1 spiro atoms. The third kappa shape index (κ3) is 2.16. The zero-order chi connectivity index (χ0) is 22.7. The number of piperidine rings is 1. The molecule has 1 amide bonds. The van der Waals surface area contributed by atoms with Gasteiger partial charge in [-0.3, -0.25) is 4.79 Å². The number of benzene rings is 2. The van der Waals surface area contributed by atoms with E-state index in [9.17, 15) is 15.0 Å². The maximum atomic E-state index is 13.0. The van der Waals surface area contributed by atoms with Crippen LogP contribution in [0.25, 0.3) is 0 Å². The molecule has 1 saturated carbocycles. The molecule has 33 heavy (non-hydrogen) atoms. The highest BCUT2D eigenvalue weighted by atomic mass is 16.5. The molecule has 2 aliphatic carbocycles. The molecule has 2 unspecified atom stereocenters. The molecule has 3 aliphatic heterocycles. The second-order valence-corrected chi connectivity index (χ2v) is 10.5. The van der Waals surface area contributed by atoms with Gasteiger partial charge in [-0.1, -0.05) is 18.2 Å². The summed E-state index contributed by atoms with van der Waals surface area (Å²) >= 11 is 0. The summed E-state index contributed by atoms with van der Waals surface area (Å²) in [6.07, 6.45) is 2.56. The smallest absolute Gasteiger partial charge is 0.246 e. The SMILES string of the molecule is CN1C(=O)CN(C2CC[C@@]3(O)[C@H]4Cc5ccc(O)c6c5[C@@]3(CCN4C)C2O6)c2ccccc21. The van der Waals surface area contributed by atoms with Crippen molar-refractivity contribution in [2.45, 2.75) is 54.9 Å². The Labute approximate surface area is 193 Å². The first kappa shape index (κ1) is 19.7. The Kier molecular flexibility index (Phi) is 3.70. The van der Waals surface area contributed by atoms with Crippen LogP contribution in [0.2, 0.25) is 0 Å². The van der Waals surface area contributed by atoms with Gasteiger partial charge in [0.25, 0.3) is 0 Å². The van der Waals surface area contributed by atoms with Crippen LogP contribution in [0.3, 0.4) is 0 Å². The van der Waals surface area contributed by atoms with Crippen molar-refractivity contribution in [2.75, 3.05) is 37.0 Å². The summed E-state index contributed by atoms with van der Waals surface area (Å²) in [5.41, 5.74) is 2.59. The average molecular weight is 448 g/mol. The van der Waals surface area contributed by atoms with Crippen LogP contribution in [-0.2, 0) is 16.6 Å². The zero-order valence-electron chi connectivity index (χ0n) is 19.0. The highest BCUT2D eigenvalue weighted by Gasteiger charge is 2.73. The van der Waals surface area contributed by atoms with E-state index in [2.05, 4.69) is 22.9 Å². The van der Waals surface area contributed by atoms with Crippen LogP contribution in [-0.4, -0.2) is 72.0 Å². The number of fused-ring (bicyclic) bond motifs is 1. The summed E-state index contributed by atoms with van der Waals surface area (Å²) in [7, 11) is 3.93. The first-order valence-corrected chi connectivity index (χ1v) is 11.9. The molecule has 2 aromatic carbocycles. The van der Waals surface area contributed by atoms with Crippen LogP contribution in [0, 0.1) is 0 Å². The van der Waals surface area contributed by atoms with Gasteiger partial charge < -0.3 is 29.6 Å². The average Bonchev–Trinajstić information content (AvgIpc) is 3.16. The molecule has 7 heteroatoms. The number of hydrogen-bond acceptors (Lipinski definition) is 6. The third-order valence-corrected chi connectivity index (χ3v) is 9.33. The number of para-hydroxylation sites is 2. The van der Waals surface area contributed by atoms with Crippen molar-refractivity contribution in [1.82, 2.24) is 4.90 Å². The lowest BCUT2D eigenvalue weighted by Gasteiger charge is -2.64.